The van der Waals surface area contributed by atoms with Crippen LogP contribution in [0, 0.1) is 40.4 Å². The van der Waals surface area contributed by atoms with Crippen molar-refractivity contribution in [3.05, 3.63) is 28.2 Å². The van der Waals surface area contributed by atoms with Gasteiger partial charge in [-0.3, -0.25) is 4.79 Å². The van der Waals surface area contributed by atoms with Crippen LogP contribution >= 0.6 is 11.3 Å². The number of hydrogen-bond acceptors (Lipinski definition) is 4. The Balaban J connectivity index is 1.19. The average Bonchev–Trinajstić information content (AvgIpc) is 3.48. The molecule has 4 aliphatic carbocycles. The third-order valence-electron chi connectivity index (χ3n) is 11.2. The van der Waals surface area contributed by atoms with Gasteiger partial charge in [-0.2, -0.15) is 0 Å². The first-order chi connectivity index (χ1) is 16.7. The summed E-state index contributed by atoms with van der Waals surface area (Å²) in [5.41, 5.74) is 2.32. The Labute approximate surface area is 216 Å². The van der Waals surface area contributed by atoms with Crippen molar-refractivity contribution in [1.29, 1.82) is 0 Å². The van der Waals surface area contributed by atoms with Crippen LogP contribution in [0.4, 0.5) is 0 Å². The number of rotatable bonds is 7. The highest BCUT2D eigenvalue weighted by Crippen LogP contribution is 2.67. The number of carbonyl (C=O) groups is 1. The van der Waals surface area contributed by atoms with Crippen molar-refractivity contribution in [2.75, 3.05) is 13.6 Å². The lowest BCUT2D eigenvalue weighted by atomic mass is 9.47. The highest BCUT2D eigenvalue weighted by atomic mass is 32.1. The van der Waals surface area contributed by atoms with Gasteiger partial charge in [0.25, 0.3) is 0 Å². The maximum absolute atomic E-state index is 12.8. The molecule has 5 heteroatoms. The van der Waals surface area contributed by atoms with Gasteiger partial charge in [0.15, 0.2) is 0 Å². The number of hydrogen-bond donors (Lipinski definition) is 1. The van der Waals surface area contributed by atoms with Crippen molar-refractivity contribution in [2.24, 2.45) is 40.4 Å². The molecule has 1 heterocycles. The van der Waals surface area contributed by atoms with Crippen molar-refractivity contribution in [2.45, 2.75) is 97.5 Å². The molecule has 8 atom stereocenters. The first kappa shape index (κ1) is 25.4. The van der Waals surface area contributed by atoms with Crippen molar-refractivity contribution >= 4 is 17.2 Å². The zero-order chi connectivity index (χ0) is 24.8. The summed E-state index contributed by atoms with van der Waals surface area (Å²) < 4.78 is 0. The molecule has 5 rings (SSSR count). The van der Waals surface area contributed by atoms with E-state index in [1.165, 1.54) is 38.5 Å². The van der Waals surface area contributed by atoms with Gasteiger partial charge in [0.05, 0.1) is 11.1 Å². The van der Waals surface area contributed by atoms with Crippen LogP contribution in [-0.4, -0.2) is 40.6 Å². The van der Waals surface area contributed by atoms with Gasteiger partial charge >= 0.3 is 0 Å². The first-order valence-electron chi connectivity index (χ1n) is 14.2. The lowest BCUT2D eigenvalue weighted by molar-refractivity contribution is -0.130. The predicted octanol–water partition coefficient (Wildman–Crippen LogP) is 6.50. The van der Waals surface area contributed by atoms with Gasteiger partial charge in [0.1, 0.15) is 0 Å². The van der Waals surface area contributed by atoms with Crippen LogP contribution in [0.25, 0.3) is 0 Å². The quantitative estimate of drug-likeness (QED) is 0.437. The lowest BCUT2D eigenvalue weighted by Gasteiger charge is -2.58. The zero-order valence-electron chi connectivity index (χ0n) is 22.3. The molecule has 35 heavy (non-hydrogen) atoms. The standard InChI is InChI=1S/C30H46N2O2S/c1-20(5-10-28(34)32(4)17-13-27-31-16-18-35-27)24-8-9-25-23-7-6-21-19-22(33)11-14-29(21,2)26(23)12-15-30(24,25)3/h6,16,18,20,22-26,33H,5,7-15,17,19H2,1-4H3/t20?,22-,23-,24+,25-,26-,29-,30+/m0/s1. The molecular formula is C30H46N2O2S. The fourth-order valence-corrected chi connectivity index (χ4v) is 9.73. The topological polar surface area (TPSA) is 53.4 Å². The van der Waals surface area contributed by atoms with Gasteiger partial charge in [0.2, 0.25) is 5.91 Å². The number of aliphatic hydroxyl groups excluding tert-OH is 1. The van der Waals surface area contributed by atoms with Crippen molar-refractivity contribution in [3.63, 3.8) is 0 Å². The van der Waals surface area contributed by atoms with Gasteiger partial charge < -0.3 is 10.0 Å². The average molecular weight is 499 g/mol. The van der Waals surface area contributed by atoms with E-state index in [0.29, 0.717) is 23.2 Å². The molecule has 1 aromatic heterocycles. The summed E-state index contributed by atoms with van der Waals surface area (Å²) in [5, 5.41) is 13.4. The minimum atomic E-state index is -0.120. The summed E-state index contributed by atoms with van der Waals surface area (Å²) in [6.07, 6.45) is 16.5. The van der Waals surface area contributed by atoms with E-state index in [1.807, 2.05) is 23.5 Å². The molecule has 3 saturated carbocycles. The monoisotopic (exact) mass is 498 g/mol. The Hall–Kier alpha value is -1.20. The second kappa shape index (κ2) is 9.93. The number of thiazole rings is 1. The summed E-state index contributed by atoms with van der Waals surface area (Å²) in [6, 6.07) is 0. The molecule has 194 valence electrons. The molecule has 0 aliphatic heterocycles. The molecular weight excluding hydrogens is 452 g/mol. The van der Waals surface area contributed by atoms with Gasteiger partial charge in [-0.05, 0) is 98.2 Å². The second-order valence-corrected chi connectivity index (χ2v) is 13.9. The zero-order valence-corrected chi connectivity index (χ0v) is 23.2. The van der Waals surface area contributed by atoms with Crippen LogP contribution in [0.15, 0.2) is 23.2 Å². The van der Waals surface area contributed by atoms with Crippen LogP contribution in [0.1, 0.15) is 90.0 Å². The van der Waals surface area contributed by atoms with Crippen molar-refractivity contribution in [3.8, 4) is 0 Å². The first-order valence-corrected chi connectivity index (χ1v) is 15.1. The van der Waals surface area contributed by atoms with Crippen LogP contribution < -0.4 is 0 Å². The Morgan fingerprint density at radius 2 is 2.06 bits per heavy atom. The SMILES string of the molecule is CC(CCC(=O)N(C)CCc1nccs1)[C@H]1CC[C@H]2[C@@H]3CC=C4C[C@@H](O)CC[C@]4(C)[C@H]3CC[C@]12C. The van der Waals surface area contributed by atoms with E-state index in [9.17, 15) is 9.90 Å². The number of likely N-dealkylation sites (N-methyl/N-ethyl adjacent to an activating group) is 1. The number of fused-ring (bicyclic) bond motifs is 5. The second-order valence-electron chi connectivity index (χ2n) is 12.9. The maximum Gasteiger partial charge on any atom is 0.222 e. The van der Waals surface area contributed by atoms with Gasteiger partial charge in [-0.25, -0.2) is 4.98 Å². The highest BCUT2D eigenvalue weighted by Gasteiger charge is 2.59. The number of amides is 1. The molecule has 1 amide bonds. The molecule has 1 N–H and O–H groups in total. The molecule has 1 unspecified atom stereocenters. The van der Waals surface area contributed by atoms with Gasteiger partial charge in [-0.1, -0.05) is 32.4 Å². The Bertz CT molecular complexity index is 929. The molecule has 0 radical (unpaired) electrons. The maximum atomic E-state index is 12.8. The molecule has 4 aliphatic rings. The summed E-state index contributed by atoms with van der Waals surface area (Å²) in [5.74, 6) is 4.07. The van der Waals surface area contributed by atoms with Crippen LogP contribution in [0.2, 0.25) is 0 Å². The van der Waals surface area contributed by atoms with Crippen LogP contribution in [0.3, 0.4) is 0 Å². The fourth-order valence-electron chi connectivity index (χ4n) is 9.12. The molecule has 0 aromatic carbocycles. The van der Waals surface area contributed by atoms with Crippen LogP contribution in [0.5, 0.6) is 0 Å². The van der Waals surface area contributed by atoms with E-state index in [1.54, 1.807) is 16.9 Å². The minimum Gasteiger partial charge on any atom is -0.393 e. The summed E-state index contributed by atoms with van der Waals surface area (Å²) in [6.45, 7) is 8.32. The van der Waals surface area contributed by atoms with E-state index in [4.69, 9.17) is 0 Å². The van der Waals surface area contributed by atoms with Crippen molar-refractivity contribution < 1.29 is 9.90 Å². The molecule has 4 nitrogen and oxygen atoms in total. The Kier molecular flexibility index (Phi) is 7.22. The van der Waals surface area contributed by atoms with E-state index in [-0.39, 0.29) is 12.0 Å². The van der Waals surface area contributed by atoms with E-state index in [2.05, 4.69) is 31.8 Å². The van der Waals surface area contributed by atoms with Gasteiger partial charge in [0, 0.05) is 38.0 Å². The van der Waals surface area contributed by atoms with Crippen LogP contribution in [-0.2, 0) is 11.2 Å². The number of allylic oxidation sites excluding steroid dienone is 1. The summed E-state index contributed by atoms with van der Waals surface area (Å²) >= 11 is 1.67. The minimum absolute atomic E-state index is 0.120. The number of aromatic nitrogens is 1. The van der Waals surface area contributed by atoms with Crippen molar-refractivity contribution in [1.82, 2.24) is 9.88 Å². The fraction of sp³-hybridized carbons (Fsp3) is 0.800. The largest absolute Gasteiger partial charge is 0.393 e. The number of aliphatic hydroxyl groups is 1. The smallest absolute Gasteiger partial charge is 0.222 e. The third-order valence-corrected chi connectivity index (χ3v) is 12.1. The van der Waals surface area contributed by atoms with E-state index in [0.717, 1.165) is 60.9 Å². The number of carbonyl (C=O) groups excluding carboxylic acids is 1. The van der Waals surface area contributed by atoms with Gasteiger partial charge in [-0.15, -0.1) is 11.3 Å². The summed E-state index contributed by atoms with van der Waals surface area (Å²) in [4.78, 5) is 19.1. The molecule has 0 spiro atoms. The summed E-state index contributed by atoms with van der Waals surface area (Å²) in [7, 11) is 1.95. The predicted molar refractivity (Wildman–Crippen MR) is 143 cm³/mol. The van der Waals surface area contributed by atoms with E-state index < -0.39 is 0 Å². The molecule has 1 aromatic rings. The Morgan fingerprint density at radius 3 is 2.83 bits per heavy atom. The lowest BCUT2D eigenvalue weighted by Crippen LogP contribution is -2.50. The van der Waals surface area contributed by atoms with E-state index >= 15 is 0 Å². The molecule has 3 fully saturated rings. The third kappa shape index (κ3) is 4.65. The normalized spacial score (nSPS) is 39.2. The highest BCUT2D eigenvalue weighted by molar-refractivity contribution is 7.09. The number of nitrogens with zero attached hydrogens (tertiary/aromatic N) is 2. The molecule has 0 saturated heterocycles. The Morgan fingerprint density at radius 1 is 1.23 bits per heavy atom. The molecule has 0 bridgehead atoms.